The number of aliphatic hydroxyl groups excluding tert-OH is 1. The van der Waals surface area contributed by atoms with Crippen LogP contribution in [0.5, 0.6) is 0 Å². The van der Waals surface area contributed by atoms with E-state index in [1.807, 2.05) is 32.1 Å². The lowest BCUT2D eigenvalue weighted by Crippen LogP contribution is -2.63. The summed E-state index contributed by atoms with van der Waals surface area (Å²) in [6.45, 7) is 6.09. The number of thiazole rings is 1. The van der Waals surface area contributed by atoms with Crippen LogP contribution in [-0.2, 0) is 9.59 Å². The molecule has 0 bridgehead atoms. The molecule has 2 aromatic heterocycles. The second-order valence-electron chi connectivity index (χ2n) is 11.7. The van der Waals surface area contributed by atoms with E-state index < -0.39 is 17.1 Å². The molecule has 2 aromatic rings. The van der Waals surface area contributed by atoms with Gasteiger partial charge in [-0.25, -0.2) is 9.97 Å². The van der Waals surface area contributed by atoms with Crippen LogP contribution >= 0.6 is 11.3 Å². The van der Waals surface area contributed by atoms with Gasteiger partial charge in [-0.3, -0.25) is 9.59 Å². The number of hydrogen-bond acceptors (Lipinski definition) is 8. The van der Waals surface area contributed by atoms with Crippen LogP contribution in [0.4, 0.5) is 5.13 Å². The predicted molar refractivity (Wildman–Crippen MR) is 138 cm³/mol. The number of aromatic nitrogens is 2. The van der Waals surface area contributed by atoms with Crippen molar-refractivity contribution in [2.45, 2.75) is 58.2 Å². The number of carbonyl (C=O) groups is 2. The van der Waals surface area contributed by atoms with Gasteiger partial charge in [-0.2, -0.15) is 0 Å². The number of aliphatic hydroxyl groups is 2. The first-order valence-electron chi connectivity index (χ1n) is 12.9. The van der Waals surface area contributed by atoms with Crippen LogP contribution in [-0.4, -0.2) is 50.0 Å². The zero-order valence-corrected chi connectivity index (χ0v) is 21.7. The normalized spacial score (nSPS) is 41.4. The van der Waals surface area contributed by atoms with E-state index >= 15 is 0 Å². The number of carbonyl (C=O) groups excluding carboxylic acids is 2. The Labute approximate surface area is 214 Å². The number of rotatable bonds is 4. The number of Topliss-reactive ketones (excluding diaryl/α,β-unsaturated/α-hetero) is 1. The fourth-order valence-corrected chi connectivity index (χ4v) is 9.19. The molecule has 3 N–H and O–H groups in total. The van der Waals surface area contributed by atoms with Crippen LogP contribution in [0, 0.1) is 34.5 Å². The summed E-state index contributed by atoms with van der Waals surface area (Å²) in [6.07, 6.45) is 9.18. The van der Waals surface area contributed by atoms with Gasteiger partial charge >= 0.3 is 0 Å². The van der Waals surface area contributed by atoms with Gasteiger partial charge in [-0.05, 0) is 67.7 Å². The number of hydrogen-bond donors (Lipinski definition) is 3. The summed E-state index contributed by atoms with van der Waals surface area (Å²) >= 11 is 1.39. The molecule has 8 atom stereocenters. The lowest BCUT2D eigenvalue weighted by atomic mass is 9.46. The molecule has 0 radical (unpaired) electrons. The van der Waals surface area contributed by atoms with E-state index in [9.17, 15) is 19.8 Å². The van der Waals surface area contributed by atoms with Crippen LogP contribution < -0.4 is 5.32 Å². The Hall–Kier alpha value is -2.42. The molecule has 0 spiro atoms. The van der Waals surface area contributed by atoms with Gasteiger partial charge in [-0.15, -0.1) is 0 Å². The van der Waals surface area contributed by atoms with E-state index in [-0.39, 0.29) is 47.2 Å². The maximum absolute atomic E-state index is 13.7. The van der Waals surface area contributed by atoms with E-state index in [4.69, 9.17) is 0 Å². The molecule has 8 heteroatoms. The number of pyridine rings is 1. The number of allylic oxidation sites excluding steroid dienone is 4. The molecule has 0 amide bonds. The van der Waals surface area contributed by atoms with Gasteiger partial charge in [0.05, 0.1) is 12.6 Å². The van der Waals surface area contributed by atoms with Gasteiger partial charge in [0.15, 0.2) is 16.7 Å². The van der Waals surface area contributed by atoms with E-state index in [1.54, 1.807) is 18.3 Å². The molecular weight excluding hydrogens is 474 g/mol. The van der Waals surface area contributed by atoms with Crippen LogP contribution in [0.3, 0.4) is 0 Å². The Bertz CT molecular complexity index is 1290. The Balaban J connectivity index is 1.28. The summed E-state index contributed by atoms with van der Waals surface area (Å²) in [4.78, 5) is 35.4. The molecule has 0 aromatic carbocycles. The molecule has 4 aliphatic rings. The highest BCUT2D eigenvalue weighted by molar-refractivity contribution is 7.21. The van der Waals surface area contributed by atoms with Crippen molar-refractivity contribution in [1.82, 2.24) is 9.97 Å². The van der Waals surface area contributed by atoms with Crippen molar-refractivity contribution in [3.63, 3.8) is 0 Å². The minimum atomic E-state index is -1.54. The number of fused-ring (bicyclic) bond motifs is 6. The van der Waals surface area contributed by atoms with Crippen molar-refractivity contribution in [1.29, 1.82) is 0 Å². The zero-order chi connectivity index (χ0) is 25.5. The maximum atomic E-state index is 13.7. The first-order chi connectivity index (χ1) is 17.1. The SMILES string of the molecule is C[C@@H]1CC2C3CCC4=CC(=O)C=CC4(C)C3C(O)CC2(C)[C@@]1(O)C(=O)CNc1nc2cccnc2s1. The van der Waals surface area contributed by atoms with E-state index in [0.717, 1.165) is 35.2 Å². The number of nitrogens with one attached hydrogen (secondary N) is 1. The molecule has 6 unspecified atom stereocenters. The Morgan fingerprint density at radius 1 is 1.33 bits per heavy atom. The van der Waals surface area contributed by atoms with Crippen molar-refractivity contribution >= 4 is 38.4 Å². The molecule has 6 rings (SSSR count). The monoisotopic (exact) mass is 507 g/mol. The first kappa shape index (κ1) is 23.9. The van der Waals surface area contributed by atoms with E-state index in [1.165, 1.54) is 11.3 Å². The molecule has 0 aliphatic heterocycles. The standard InChI is InChI=1S/C28H33N3O4S/c1-15-11-19-18-7-6-16-12-17(32)8-9-26(16,2)23(18)21(33)13-27(19,3)28(15,35)22(34)14-30-25-31-20-5-4-10-29-24(20)36-25/h4-5,8-10,12,15,18-19,21,23,33,35H,6-7,11,13-14H2,1-3H3,(H,30,31)/t15-,18?,19?,21?,23?,26?,27?,28+/m1/s1. The summed E-state index contributed by atoms with van der Waals surface area (Å²) < 4.78 is 0. The second-order valence-corrected chi connectivity index (χ2v) is 12.7. The fourth-order valence-electron chi connectivity index (χ4n) is 8.39. The Kier molecular flexibility index (Phi) is 5.35. The third-order valence-corrected chi connectivity index (χ3v) is 11.0. The first-order valence-corrected chi connectivity index (χ1v) is 13.7. The Morgan fingerprint density at radius 2 is 2.14 bits per heavy atom. The van der Waals surface area contributed by atoms with Gasteiger partial charge in [0.2, 0.25) is 0 Å². The smallest absolute Gasteiger partial charge is 0.185 e. The third kappa shape index (κ3) is 3.17. The quantitative estimate of drug-likeness (QED) is 0.575. The van der Waals surface area contributed by atoms with Gasteiger partial charge < -0.3 is 15.5 Å². The lowest BCUT2D eigenvalue weighted by molar-refractivity contribution is -0.180. The topological polar surface area (TPSA) is 112 Å². The molecule has 190 valence electrons. The van der Waals surface area contributed by atoms with Crippen molar-refractivity contribution in [2.75, 3.05) is 11.9 Å². The van der Waals surface area contributed by atoms with Crippen molar-refractivity contribution in [2.24, 2.45) is 34.5 Å². The minimum Gasteiger partial charge on any atom is -0.393 e. The molecule has 3 fully saturated rings. The molecule has 3 saturated carbocycles. The van der Waals surface area contributed by atoms with E-state index in [2.05, 4.69) is 22.2 Å². The minimum absolute atomic E-state index is 0.0157. The average Bonchev–Trinajstić information content (AvgIpc) is 3.35. The molecule has 4 aliphatic carbocycles. The molecule has 7 nitrogen and oxygen atoms in total. The van der Waals surface area contributed by atoms with Gasteiger partial charge in [0.25, 0.3) is 0 Å². The summed E-state index contributed by atoms with van der Waals surface area (Å²) in [5.74, 6) is -0.196. The summed E-state index contributed by atoms with van der Waals surface area (Å²) in [6, 6.07) is 3.71. The van der Waals surface area contributed by atoms with Crippen molar-refractivity contribution in [3.05, 3.63) is 42.1 Å². The van der Waals surface area contributed by atoms with Gasteiger partial charge in [0.1, 0.15) is 15.9 Å². The second kappa shape index (κ2) is 8.04. The van der Waals surface area contributed by atoms with Crippen LogP contribution in [0.2, 0.25) is 0 Å². The highest BCUT2D eigenvalue weighted by Crippen LogP contribution is 2.68. The largest absolute Gasteiger partial charge is 0.393 e. The molecule has 2 heterocycles. The molecular formula is C28H33N3O4S. The highest BCUT2D eigenvalue weighted by atomic mass is 32.1. The number of nitrogens with zero attached hydrogens (tertiary/aromatic N) is 2. The summed E-state index contributed by atoms with van der Waals surface area (Å²) in [5.41, 5.74) is -0.760. The summed E-state index contributed by atoms with van der Waals surface area (Å²) in [5, 5.41) is 27.5. The fraction of sp³-hybridized carbons (Fsp3) is 0.571. The predicted octanol–water partition coefficient (Wildman–Crippen LogP) is 3.93. The summed E-state index contributed by atoms with van der Waals surface area (Å²) in [7, 11) is 0. The zero-order valence-electron chi connectivity index (χ0n) is 20.9. The molecule has 0 saturated heterocycles. The molecule has 36 heavy (non-hydrogen) atoms. The highest BCUT2D eigenvalue weighted by Gasteiger charge is 2.70. The number of ketones is 2. The van der Waals surface area contributed by atoms with Gasteiger partial charge in [-0.1, -0.05) is 43.8 Å². The van der Waals surface area contributed by atoms with Crippen molar-refractivity contribution < 1.29 is 19.8 Å². The van der Waals surface area contributed by atoms with Crippen molar-refractivity contribution in [3.8, 4) is 0 Å². The lowest BCUT2D eigenvalue weighted by Gasteiger charge is -2.59. The van der Waals surface area contributed by atoms with E-state index in [0.29, 0.717) is 11.6 Å². The van der Waals surface area contributed by atoms with Crippen LogP contribution in [0.15, 0.2) is 42.1 Å². The van der Waals surface area contributed by atoms with Crippen LogP contribution in [0.25, 0.3) is 10.3 Å². The maximum Gasteiger partial charge on any atom is 0.185 e. The van der Waals surface area contributed by atoms with Crippen LogP contribution in [0.1, 0.15) is 46.5 Å². The Morgan fingerprint density at radius 3 is 2.92 bits per heavy atom. The van der Waals surface area contributed by atoms with Gasteiger partial charge in [0, 0.05) is 22.9 Å². The number of anilines is 1. The third-order valence-electron chi connectivity index (χ3n) is 10.1. The average molecular weight is 508 g/mol.